The van der Waals surface area contributed by atoms with Crippen molar-refractivity contribution in [3.05, 3.63) is 18.0 Å². The summed E-state index contributed by atoms with van der Waals surface area (Å²) in [6.07, 6.45) is 5.60. The van der Waals surface area contributed by atoms with Gasteiger partial charge in [0.25, 0.3) is 0 Å². The molecule has 1 N–H and O–H groups in total. The summed E-state index contributed by atoms with van der Waals surface area (Å²) < 4.78 is 1.94. The number of aliphatic carboxylic acids is 1. The summed E-state index contributed by atoms with van der Waals surface area (Å²) in [5, 5.41) is 13.9. The van der Waals surface area contributed by atoms with E-state index in [4.69, 9.17) is 0 Å². The van der Waals surface area contributed by atoms with Crippen LogP contribution in [-0.4, -0.2) is 20.9 Å². The molecule has 1 aromatic rings. The number of carboxylic acids is 1. The zero-order valence-corrected chi connectivity index (χ0v) is 11.4. The van der Waals surface area contributed by atoms with E-state index in [9.17, 15) is 9.90 Å². The average Bonchev–Trinajstić information content (AvgIpc) is 3.10. The minimum absolute atomic E-state index is 0.323. The molecule has 0 spiro atoms. The van der Waals surface area contributed by atoms with Gasteiger partial charge in [0, 0.05) is 18.7 Å². The van der Waals surface area contributed by atoms with Gasteiger partial charge in [-0.25, -0.2) is 0 Å². The normalized spacial score (nSPS) is 20.4. The van der Waals surface area contributed by atoms with E-state index in [0.29, 0.717) is 18.4 Å². The highest BCUT2D eigenvalue weighted by molar-refractivity contribution is 5.75. The fourth-order valence-electron chi connectivity index (χ4n) is 2.40. The van der Waals surface area contributed by atoms with Gasteiger partial charge in [-0.2, -0.15) is 5.10 Å². The van der Waals surface area contributed by atoms with Crippen molar-refractivity contribution in [2.45, 2.75) is 52.5 Å². The van der Waals surface area contributed by atoms with Crippen molar-refractivity contribution in [2.75, 3.05) is 0 Å². The summed E-state index contributed by atoms with van der Waals surface area (Å²) in [5.74, 6) is -0.369. The second kappa shape index (κ2) is 4.75. The van der Waals surface area contributed by atoms with E-state index in [1.54, 1.807) is 0 Å². The second-order valence-electron chi connectivity index (χ2n) is 5.72. The standard InChI is InChI=1S/C14H22N2O2/c1-4-10(2)16-8-7-12(15-16)9-14(3,13(17)18)11-5-6-11/h7-8,10-11H,4-6,9H2,1-3H3,(H,17,18). The maximum atomic E-state index is 11.5. The van der Waals surface area contributed by atoms with Gasteiger partial charge in [0.2, 0.25) is 0 Å². The minimum atomic E-state index is -0.692. The van der Waals surface area contributed by atoms with Gasteiger partial charge < -0.3 is 5.11 Å². The maximum absolute atomic E-state index is 11.5. The summed E-state index contributed by atoms with van der Waals surface area (Å²) in [5.41, 5.74) is 0.251. The summed E-state index contributed by atoms with van der Waals surface area (Å²) in [6, 6.07) is 2.33. The topological polar surface area (TPSA) is 55.1 Å². The summed E-state index contributed by atoms with van der Waals surface area (Å²) in [7, 11) is 0. The molecule has 0 saturated heterocycles. The van der Waals surface area contributed by atoms with Crippen molar-refractivity contribution >= 4 is 5.97 Å². The van der Waals surface area contributed by atoms with Crippen LogP contribution in [0.4, 0.5) is 0 Å². The van der Waals surface area contributed by atoms with E-state index in [2.05, 4.69) is 18.9 Å². The van der Waals surface area contributed by atoms with Crippen LogP contribution in [0.2, 0.25) is 0 Å². The number of hydrogen-bond acceptors (Lipinski definition) is 2. The smallest absolute Gasteiger partial charge is 0.310 e. The first-order valence-corrected chi connectivity index (χ1v) is 6.74. The van der Waals surface area contributed by atoms with Crippen molar-refractivity contribution in [2.24, 2.45) is 11.3 Å². The number of rotatable bonds is 6. The minimum Gasteiger partial charge on any atom is -0.481 e. The number of carbonyl (C=O) groups is 1. The molecule has 1 saturated carbocycles. The van der Waals surface area contributed by atoms with Crippen molar-refractivity contribution in [1.29, 1.82) is 0 Å². The SMILES string of the molecule is CCC(C)n1ccc(CC(C)(C(=O)O)C2CC2)n1. The lowest BCUT2D eigenvalue weighted by molar-refractivity contribution is -0.149. The third-order valence-corrected chi connectivity index (χ3v) is 4.22. The van der Waals surface area contributed by atoms with Crippen molar-refractivity contribution in [3.63, 3.8) is 0 Å². The van der Waals surface area contributed by atoms with Crippen LogP contribution in [0.15, 0.2) is 12.3 Å². The van der Waals surface area contributed by atoms with Gasteiger partial charge in [0.15, 0.2) is 0 Å². The first-order chi connectivity index (χ1) is 8.47. The summed E-state index contributed by atoms with van der Waals surface area (Å²) >= 11 is 0. The fraction of sp³-hybridized carbons (Fsp3) is 0.714. The molecule has 0 aliphatic heterocycles. The Balaban J connectivity index is 2.12. The molecule has 0 bridgehead atoms. The Hall–Kier alpha value is -1.32. The zero-order chi connectivity index (χ0) is 13.3. The van der Waals surface area contributed by atoms with Crippen LogP contribution < -0.4 is 0 Å². The molecule has 1 aromatic heterocycles. The van der Waals surface area contributed by atoms with Crippen LogP contribution in [-0.2, 0) is 11.2 Å². The first kappa shape index (κ1) is 13.1. The molecular weight excluding hydrogens is 228 g/mol. The lowest BCUT2D eigenvalue weighted by Gasteiger charge is -2.23. The molecule has 1 aliphatic carbocycles. The van der Waals surface area contributed by atoms with Crippen LogP contribution >= 0.6 is 0 Å². The van der Waals surface area contributed by atoms with Crippen LogP contribution in [0.5, 0.6) is 0 Å². The molecule has 2 atom stereocenters. The fourth-order valence-corrected chi connectivity index (χ4v) is 2.40. The Morgan fingerprint density at radius 1 is 1.67 bits per heavy atom. The van der Waals surface area contributed by atoms with E-state index >= 15 is 0 Å². The molecule has 1 fully saturated rings. The molecule has 18 heavy (non-hydrogen) atoms. The van der Waals surface area contributed by atoms with Gasteiger partial charge >= 0.3 is 5.97 Å². The number of aromatic nitrogens is 2. The van der Waals surface area contributed by atoms with Crippen molar-refractivity contribution in [3.8, 4) is 0 Å². The highest BCUT2D eigenvalue weighted by Crippen LogP contribution is 2.47. The first-order valence-electron chi connectivity index (χ1n) is 6.74. The summed E-state index contributed by atoms with van der Waals surface area (Å²) in [4.78, 5) is 11.5. The molecule has 2 unspecified atom stereocenters. The largest absolute Gasteiger partial charge is 0.481 e. The molecule has 4 nitrogen and oxygen atoms in total. The monoisotopic (exact) mass is 250 g/mol. The Morgan fingerprint density at radius 2 is 2.33 bits per heavy atom. The van der Waals surface area contributed by atoms with Gasteiger partial charge in [-0.1, -0.05) is 6.92 Å². The van der Waals surface area contributed by atoms with E-state index in [1.807, 2.05) is 23.9 Å². The van der Waals surface area contributed by atoms with Crippen LogP contribution in [0, 0.1) is 11.3 Å². The summed E-state index contributed by atoms with van der Waals surface area (Å²) in [6.45, 7) is 6.10. The molecule has 4 heteroatoms. The molecule has 0 radical (unpaired) electrons. The van der Waals surface area contributed by atoms with Gasteiger partial charge in [-0.15, -0.1) is 0 Å². The van der Waals surface area contributed by atoms with Gasteiger partial charge in [0.1, 0.15) is 0 Å². The molecule has 1 heterocycles. The lowest BCUT2D eigenvalue weighted by atomic mass is 9.80. The molecule has 0 amide bonds. The van der Waals surface area contributed by atoms with Gasteiger partial charge in [0.05, 0.1) is 11.1 Å². The Morgan fingerprint density at radius 3 is 2.83 bits per heavy atom. The Kier molecular flexibility index (Phi) is 3.46. The highest BCUT2D eigenvalue weighted by Gasteiger charge is 2.47. The van der Waals surface area contributed by atoms with E-state index in [-0.39, 0.29) is 0 Å². The van der Waals surface area contributed by atoms with E-state index in [0.717, 1.165) is 25.0 Å². The number of nitrogens with zero attached hydrogens (tertiary/aromatic N) is 2. The average molecular weight is 250 g/mol. The quantitative estimate of drug-likeness (QED) is 0.844. The molecular formula is C14H22N2O2. The Bertz CT molecular complexity index is 437. The Labute approximate surface area is 108 Å². The molecule has 2 rings (SSSR count). The van der Waals surface area contributed by atoms with Crippen LogP contribution in [0.25, 0.3) is 0 Å². The second-order valence-corrected chi connectivity index (χ2v) is 5.72. The van der Waals surface area contributed by atoms with E-state index < -0.39 is 11.4 Å². The van der Waals surface area contributed by atoms with Gasteiger partial charge in [-0.05, 0) is 45.1 Å². The zero-order valence-electron chi connectivity index (χ0n) is 11.4. The molecule has 100 valence electrons. The van der Waals surface area contributed by atoms with Crippen molar-refractivity contribution < 1.29 is 9.90 Å². The van der Waals surface area contributed by atoms with Crippen LogP contribution in [0.3, 0.4) is 0 Å². The van der Waals surface area contributed by atoms with Gasteiger partial charge in [-0.3, -0.25) is 9.48 Å². The lowest BCUT2D eigenvalue weighted by Crippen LogP contribution is -2.32. The third-order valence-electron chi connectivity index (χ3n) is 4.22. The predicted molar refractivity (Wildman–Crippen MR) is 69.4 cm³/mol. The van der Waals surface area contributed by atoms with Crippen molar-refractivity contribution in [1.82, 2.24) is 9.78 Å². The van der Waals surface area contributed by atoms with Crippen LogP contribution in [0.1, 0.15) is 51.8 Å². The number of hydrogen-bond donors (Lipinski definition) is 1. The molecule has 1 aliphatic rings. The highest BCUT2D eigenvalue weighted by atomic mass is 16.4. The maximum Gasteiger partial charge on any atom is 0.310 e. The number of carboxylic acid groups (broad SMARTS) is 1. The third kappa shape index (κ3) is 2.42. The predicted octanol–water partition coefficient (Wildman–Crippen LogP) is 2.90. The van der Waals surface area contributed by atoms with E-state index in [1.165, 1.54) is 0 Å². The molecule has 0 aromatic carbocycles.